The second-order valence-corrected chi connectivity index (χ2v) is 5.38. The van der Waals surface area contributed by atoms with Crippen LogP contribution in [-0.2, 0) is 4.74 Å². The van der Waals surface area contributed by atoms with E-state index in [1.54, 1.807) is 12.3 Å². The van der Waals surface area contributed by atoms with Crippen molar-refractivity contribution >= 4 is 27.7 Å². The fraction of sp³-hybridized carbons (Fsp3) is 0.538. The molecule has 1 unspecified atom stereocenters. The third-order valence-electron chi connectivity index (χ3n) is 2.94. The molecule has 5 nitrogen and oxygen atoms in total. The number of ether oxygens (including phenoxy) is 1. The highest BCUT2D eigenvalue weighted by Crippen LogP contribution is 2.18. The van der Waals surface area contributed by atoms with Crippen molar-refractivity contribution in [3.05, 3.63) is 22.3 Å². The van der Waals surface area contributed by atoms with Gasteiger partial charge in [0.25, 0.3) is 5.91 Å². The van der Waals surface area contributed by atoms with Gasteiger partial charge in [0.1, 0.15) is 5.82 Å². The minimum absolute atomic E-state index is 0.0923. The van der Waals surface area contributed by atoms with E-state index in [0.717, 1.165) is 30.5 Å². The second kappa shape index (κ2) is 6.86. The number of pyridine rings is 1. The van der Waals surface area contributed by atoms with Gasteiger partial charge in [-0.1, -0.05) is 0 Å². The Hall–Kier alpha value is -1.14. The van der Waals surface area contributed by atoms with Crippen LogP contribution in [0, 0.1) is 0 Å². The number of rotatable bonds is 4. The first-order valence-corrected chi connectivity index (χ1v) is 7.28. The quantitative estimate of drug-likeness (QED) is 0.889. The van der Waals surface area contributed by atoms with Crippen molar-refractivity contribution in [2.24, 2.45) is 0 Å². The standard InChI is InChI=1S/C13H18BrN3O2/c1-2-15-12-11(6-9(14)7-16-12)13(18)17-10-4-3-5-19-8-10/h6-7,10H,2-5,8H2,1H3,(H,15,16)(H,17,18). The van der Waals surface area contributed by atoms with Crippen molar-refractivity contribution in [2.45, 2.75) is 25.8 Å². The molecule has 6 heteroatoms. The van der Waals surface area contributed by atoms with Crippen LogP contribution in [0.5, 0.6) is 0 Å². The van der Waals surface area contributed by atoms with E-state index < -0.39 is 0 Å². The molecular weight excluding hydrogens is 310 g/mol. The number of nitrogens with zero attached hydrogens (tertiary/aromatic N) is 1. The van der Waals surface area contributed by atoms with Crippen LogP contribution in [0.25, 0.3) is 0 Å². The van der Waals surface area contributed by atoms with E-state index >= 15 is 0 Å². The number of nitrogens with one attached hydrogen (secondary N) is 2. The maximum absolute atomic E-state index is 12.3. The molecule has 1 aromatic rings. The molecule has 0 bridgehead atoms. The van der Waals surface area contributed by atoms with Gasteiger partial charge in [-0.2, -0.15) is 0 Å². The van der Waals surface area contributed by atoms with Gasteiger partial charge in [0.15, 0.2) is 0 Å². The molecule has 1 aromatic heterocycles. The summed E-state index contributed by atoms with van der Waals surface area (Å²) in [5.74, 6) is 0.500. The highest BCUT2D eigenvalue weighted by molar-refractivity contribution is 9.10. The number of carbonyl (C=O) groups is 1. The minimum Gasteiger partial charge on any atom is -0.379 e. The van der Waals surface area contributed by atoms with Gasteiger partial charge in [-0.25, -0.2) is 4.98 Å². The van der Waals surface area contributed by atoms with E-state index in [1.807, 2.05) is 6.92 Å². The van der Waals surface area contributed by atoms with Crippen LogP contribution in [0.3, 0.4) is 0 Å². The SMILES string of the molecule is CCNc1ncc(Br)cc1C(=O)NC1CCCOC1. The van der Waals surface area contributed by atoms with Crippen LogP contribution in [0.15, 0.2) is 16.7 Å². The lowest BCUT2D eigenvalue weighted by molar-refractivity contribution is 0.0624. The number of carbonyl (C=O) groups excluding carboxylic acids is 1. The molecule has 1 fully saturated rings. The van der Waals surface area contributed by atoms with Gasteiger partial charge in [-0.3, -0.25) is 4.79 Å². The molecule has 0 radical (unpaired) electrons. The van der Waals surface area contributed by atoms with Gasteiger partial charge in [0.2, 0.25) is 0 Å². The van der Waals surface area contributed by atoms with Crippen LogP contribution in [0.1, 0.15) is 30.1 Å². The van der Waals surface area contributed by atoms with E-state index in [2.05, 4.69) is 31.5 Å². The zero-order valence-corrected chi connectivity index (χ0v) is 12.5. The summed E-state index contributed by atoms with van der Waals surface area (Å²) >= 11 is 3.35. The van der Waals surface area contributed by atoms with E-state index in [4.69, 9.17) is 4.74 Å². The molecule has 1 saturated heterocycles. The Kier molecular flexibility index (Phi) is 5.15. The molecule has 0 aromatic carbocycles. The lowest BCUT2D eigenvalue weighted by Gasteiger charge is -2.23. The number of halogens is 1. The minimum atomic E-state index is -0.111. The van der Waals surface area contributed by atoms with Crippen LogP contribution in [0.4, 0.5) is 5.82 Å². The van der Waals surface area contributed by atoms with Gasteiger partial charge in [0, 0.05) is 23.8 Å². The maximum Gasteiger partial charge on any atom is 0.255 e. The first-order valence-electron chi connectivity index (χ1n) is 6.48. The number of amides is 1. The smallest absolute Gasteiger partial charge is 0.255 e. The molecule has 1 aliphatic rings. The van der Waals surface area contributed by atoms with E-state index in [0.29, 0.717) is 18.0 Å². The summed E-state index contributed by atoms with van der Waals surface area (Å²) in [7, 11) is 0. The Labute approximate surface area is 121 Å². The Bertz CT molecular complexity index is 448. The van der Waals surface area contributed by atoms with Gasteiger partial charge in [0.05, 0.1) is 18.2 Å². The monoisotopic (exact) mass is 327 g/mol. The van der Waals surface area contributed by atoms with Crippen molar-refractivity contribution in [1.29, 1.82) is 0 Å². The van der Waals surface area contributed by atoms with E-state index in [9.17, 15) is 4.79 Å². The van der Waals surface area contributed by atoms with Crippen LogP contribution in [0.2, 0.25) is 0 Å². The molecule has 1 aliphatic heterocycles. The van der Waals surface area contributed by atoms with Crippen LogP contribution in [-0.4, -0.2) is 36.7 Å². The molecule has 0 aliphatic carbocycles. The molecule has 0 saturated carbocycles. The lowest BCUT2D eigenvalue weighted by atomic mass is 10.1. The van der Waals surface area contributed by atoms with Crippen molar-refractivity contribution in [3.63, 3.8) is 0 Å². The summed E-state index contributed by atoms with van der Waals surface area (Å²) in [6, 6.07) is 1.87. The lowest BCUT2D eigenvalue weighted by Crippen LogP contribution is -2.40. The van der Waals surface area contributed by atoms with Crippen molar-refractivity contribution in [2.75, 3.05) is 25.1 Å². The van der Waals surface area contributed by atoms with Crippen molar-refractivity contribution in [1.82, 2.24) is 10.3 Å². The molecule has 2 rings (SSSR count). The van der Waals surface area contributed by atoms with Gasteiger partial charge in [-0.15, -0.1) is 0 Å². The van der Waals surface area contributed by atoms with Gasteiger partial charge >= 0.3 is 0 Å². The van der Waals surface area contributed by atoms with Crippen LogP contribution < -0.4 is 10.6 Å². The summed E-state index contributed by atoms with van der Waals surface area (Å²) in [6.07, 6.45) is 3.63. The van der Waals surface area contributed by atoms with Gasteiger partial charge in [-0.05, 0) is 41.8 Å². The molecule has 2 heterocycles. The summed E-state index contributed by atoms with van der Waals surface area (Å²) in [6.45, 7) is 4.07. The third-order valence-corrected chi connectivity index (χ3v) is 3.37. The zero-order chi connectivity index (χ0) is 13.7. The molecule has 1 amide bonds. The normalized spacial score (nSPS) is 18.9. The van der Waals surface area contributed by atoms with E-state index in [1.165, 1.54) is 0 Å². The fourth-order valence-corrected chi connectivity index (χ4v) is 2.37. The number of hydrogen-bond donors (Lipinski definition) is 2. The summed E-state index contributed by atoms with van der Waals surface area (Å²) < 4.78 is 6.16. The topological polar surface area (TPSA) is 63.2 Å². The average Bonchev–Trinajstić information content (AvgIpc) is 2.42. The predicted octanol–water partition coefficient (Wildman–Crippen LogP) is 2.18. The van der Waals surface area contributed by atoms with E-state index in [-0.39, 0.29) is 11.9 Å². The number of hydrogen-bond acceptors (Lipinski definition) is 4. The number of aromatic nitrogens is 1. The highest BCUT2D eigenvalue weighted by Gasteiger charge is 2.19. The maximum atomic E-state index is 12.3. The fourth-order valence-electron chi connectivity index (χ4n) is 2.04. The largest absolute Gasteiger partial charge is 0.379 e. The first kappa shape index (κ1) is 14.3. The summed E-state index contributed by atoms with van der Waals surface area (Å²) in [5.41, 5.74) is 0.557. The average molecular weight is 328 g/mol. The molecule has 1 atom stereocenters. The first-order chi connectivity index (χ1) is 9.20. The molecule has 104 valence electrons. The molecule has 2 N–H and O–H groups in total. The second-order valence-electron chi connectivity index (χ2n) is 4.47. The van der Waals surface area contributed by atoms with Crippen molar-refractivity contribution in [3.8, 4) is 0 Å². The van der Waals surface area contributed by atoms with Crippen LogP contribution >= 0.6 is 15.9 Å². The van der Waals surface area contributed by atoms with Gasteiger partial charge < -0.3 is 15.4 Å². The Balaban J connectivity index is 2.10. The molecule has 0 spiro atoms. The third kappa shape index (κ3) is 3.91. The summed E-state index contributed by atoms with van der Waals surface area (Å²) in [5, 5.41) is 6.09. The Morgan fingerprint density at radius 1 is 1.63 bits per heavy atom. The highest BCUT2D eigenvalue weighted by atomic mass is 79.9. The number of anilines is 1. The zero-order valence-electron chi connectivity index (χ0n) is 10.9. The Morgan fingerprint density at radius 3 is 3.16 bits per heavy atom. The summed E-state index contributed by atoms with van der Waals surface area (Å²) in [4.78, 5) is 16.5. The molecule has 19 heavy (non-hydrogen) atoms. The Morgan fingerprint density at radius 2 is 2.47 bits per heavy atom. The van der Waals surface area contributed by atoms with Crippen molar-refractivity contribution < 1.29 is 9.53 Å². The molecular formula is C13H18BrN3O2. The predicted molar refractivity (Wildman–Crippen MR) is 77.4 cm³/mol.